The fourth-order valence-corrected chi connectivity index (χ4v) is 1.48. The van der Waals surface area contributed by atoms with Crippen LogP contribution in [0.1, 0.15) is 32.0 Å². The number of anilines is 1. The third kappa shape index (κ3) is 1.63. The quantitative estimate of drug-likeness (QED) is 0.754. The van der Waals surface area contributed by atoms with Gasteiger partial charge in [0.15, 0.2) is 5.65 Å². The standard InChI is InChI=1S/C11H16N4O/c1-11(2,3)8-4-9-13-5-7(6-16)10(12)15(9)14-8/h4-5,16H,6,12H2,1-3H3. The molecule has 2 aromatic heterocycles. The molecule has 0 aliphatic rings. The Morgan fingerprint density at radius 1 is 1.44 bits per heavy atom. The molecular formula is C11H16N4O. The Morgan fingerprint density at radius 2 is 2.12 bits per heavy atom. The van der Waals surface area contributed by atoms with Gasteiger partial charge in [0, 0.05) is 23.2 Å². The van der Waals surface area contributed by atoms with Gasteiger partial charge in [-0.15, -0.1) is 0 Å². The van der Waals surface area contributed by atoms with Crippen molar-refractivity contribution in [2.24, 2.45) is 0 Å². The Bertz CT molecular complexity index is 524. The molecule has 0 aliphatic carbocycles. The second-order valence-corrected chi connectivity index (χ2v) is 4.88. The van der Waals surface area contributed by atoms with Gasteiger partial charge < -0.3 is 10.8 Å². The molecule has 0 aliphatic heterocycles. The van der Waals surface area contributed by atoms with Gasteiger partial charge in [-0.3, -0.25) is 0 Å². The first-order valence-corrected chi connectivity index (χ1v) is 5.18. The average molecular weight is 220 g/mol. The van der Waals surface area contributed by atoms with Gasteiger partial charge in [0.1, 0.15) is 5.82 Å². The number of nitrogens with zero attached hydrogens (tertiary/aromatic N) is 3. The van der Waals surface area contributed by atoms with Crippen LogP contribution in [0.5, 0.6) is 0 Å². The highest BCUT2D eigenvalue weighted by molar-refractivity contribution is 5.51. The lowest BCUT2D eigenvalue weighted by molar-refractivity contribution is 0.281. The number of aromatic nitrogens is 3. The van der Waals surface area contributed by atoms with Crippen LogP contribution in [0.2, 0.25) is 0 Å². The van der Waals surface area contributed by atoms with Gasteiger partial charge >= 0.3 is 0 Å². The van der Waals surface area contributed by atoms with Gasteiger partial charge in [0.25, 0.3) is 0 Å². The van der Waals surface area contributed by atoms with E-state index in [1.165, 1.54) is 0 Å². The van der Waals surface area contributed by atoms with Gasteiger partial charge in [-0.25, -0.2) is 4.98 Å². The summed E-state index contributed by atoms with van der Waals surface area (Å²) in [6.45, 7) is 6.12. The summed E-state index contributed by atoms with van der Waals surface area (Å²) in [4.78, 5) is 4.21. The van der Waals surface area contributed by atoms with Crippen LogP contribution in [-0.2, 0) is 12.0 Å². The van der Waals surface area contributed by atoms with E-state index in [1.807, 2.05) is 6.07 Å². The van der Waals surface area contributed by atoms with Crippen molar-refractivity contribution >= 4 is 11.5 Å². The first-order chi connectivity index (χ1) is 7.43. The minimum Gasteiger partial charge on any atom is -0.391 e. The van der Waals surface area contributed by atoms with E-state index in [2.05, 4.69) is 30.9 Å². The van der Waals surface area contributed by atoms with Crippen LogP contribution >= 0.6 is 0 Å². The van der Waals surface area contributed by atoms with Gasteiger partial charge in [-0.1, -0.05) is 20.8 Å². The highest BCUT2D eigenvalue weighted by Gasteiger charge is 2.19. The molecule has 2 rings (SSSR count). The van der Waals surface area contributed by atoms with E-state index in [0.717, 1.165) is 5.69 Å². The summed E-state index contributed by atoms with van der Waals surface area (Å²) < 4.78 is 1.58. The number of aliphatic hydroxyl groups excluding tert-OH is 1. The van der Waals surface area contributed by atoms with Crippen LogP contribution in [0, 0.1) is 0 Å². The number of aliphatic hydroxyl groups is 1. The van der Waals surface area contributed by atoms with Crippen LogP contribution < -0.4 is 5.73 Å². The van der Waals surface area contributed by atoms with Crippen molar-refractivity contribution in [2.75, 3.05) is 5.73 Å². The minimum atomic E-state index is -0.126. The summed E-state index contributed by atoms with van der Waals surface area (Å²) in [5.74, 6) is 0.447. The monoisotopic (exact) mass is 220 g/mol. The van der Waals surface area contributed by atoms with Crippen LogP contribution in [0.15, 0.2) is 12.3 Å². The van der Waals surface area contributed by atoms with E-state index >= 15 is 0 Å². The molecule has 0 atom stereocenters. The summed E-state index contributed by atoms with van der Waals surface area (Å²) in [6.07, 6.45) is 1.58. The minimum absolute atomic E-state index is 0.0421. The molecule has 16 heavy (non-hydrogen) atoms. The molecule has 2 aromatic rings. The van der Waals surface area contributed by atoms with E-state index < -0.39 is 0 Å². The summed E-state index contributed by atoms with van der Waals surface area (Å²) in [5, 5.41) is 13.5. The number of fused-ring (bicyclic) bond motifs is 1. The molecule has 5 nitrogen and oxygen atoms in total. The van der Waals surface area contributed by atoms with E-state index in [4.69, 9.17) is 10.8 Å². The van der Waals surface area contributed by atoms with Gasteiger partial charge in [0.05, 0.1) is 12.3 Å². The largest absolute Gasteiger partial charge is 0.391 e. The topological polar surface area (TPSA) is 76.4 Å². The SMILES string of the molecule is CC(C)(C)c1cc2ncc(CO)c(N)n2n1. The lowest BCUT2D eigenvalue weighted by Gasteiger charge is -2.13. The predicted molar refractivity (Wildman–Crippen MR) is 62.0 cm³/mol. The van der Waals surface area contributed by atoms with Gasteiger partial charge in [-0.2, -0.15) is 9.61 Å². The maximum Gasteiger partial charge on any atom is 0.157 e. The summed E-state index contributed by atoms with van der Waals surface area (Å²) in [6, 6.07) is 1.91. The first kappa shape index (κ1) is 10.9. The van der Waals surface area contributed by atoms with Crippen molar-refractivity contribution in [3.8, 4) is 0 Å². The smallest absolute Gasteiger partial charge is 0.157 e. The molecule has 0 unspecified atom stereocenters. The van der Waals surface area contributed by atoms with Crippen molar-refractivity contribution in [3.63, 3.8) is 0 Å². The lowest BCUT2D eigenvalue weighted by atomic mass is 9.93. The zero-order valence-corrected chi connectivity index (χ0v) is 9.73. The van der Waals surface area contributed by atoms with Crippen LogP contribution in [0.4, 0.5) is 5.82 Å². The molecule has 0 saturated carbocycles. The third-order valence-electron chi connectivity index (χ3n) is 2.54. The highest BCUT2D eigenvalue weighted by Crippen LogP contribution is 2.23. The zero-order valence-electron chi connectivity index (χ0n) is 9.73. The molecule has 5 heteroatoms. The number of nitrogen functional groups attached to an aromatic ring is 1. The molecule has 0 amide bonds. The molecule has 0 saturated heterocycles. The highest BCUT2D eigenvalue weighted by atomic mass is 16.3. The number of rotatable bonds is 1. The average Bonchev–Trinajstić information content (AvgIpc) is 2.62. The maximum absolute atomic E-state index is 9.08. The molecule has 86 valence electrons. The molecule has 0 fully saturated rings. The van der Waals surface area contributed by atoms with Crippen LogP contribution in [0.3, 0.4) is 0 Å². The maximum atomic E-state index is 9.08. The van der Waals surface area contributed by atoms with Gasteiger partial charge in [-0.05, 0) is 0 Å². The Hall–Kier alpha value is -1.62. The second-order valence-electron chi connectivity index (χ2n) is 4.88. The number of hydrogen-bond donors (Lipinski definition) is 2. The van der Waals surface area contributed by atoms with E-state index in [-0.39, 0.29) is 12.0 Å². The van der Waals surface area contributed by atoms with Crippen molar-refractivity contribution < 1.29 is 5.11 Å². The van der Waals surface area contributed by atoms with Crippen molar-refractivity contribution in [2.45, 2.75) is 32.8 Å². The lowest BCUT2D eigenvalue weighted by Crippen LogP contribution is -2.12. The zero-order chi connectivity index (χ0) is 11.9. The molecule has 0 bridgehead atoms. The second kappa shape index (κ2) is 3.45. The Morgan fingerprint density at radius 3 is 2.69 bits per heavy atom. The van der Waals surface area contributed by atoms with Crippen molar-refractivity contribution in [3.05, 3.63) is 23.5 Å². The van der Waals surface area contributed by atoms with Crippen molar-refractivity contribution in [1.82, 2.24) is 14.6 Å². The Balaban J connectivity index is 2.67. The fraction of sp³-hybridized carbons (Fsp3) is 0.455. The summed E-state index contributed by atoms with van der Waals surface area (Å²) in [7, 11) is 0. The predicted octanol–water partition coefficient (Wildman–Crippen LogP) is 1.10. The van der Waals surface area contributed by atoms with E-state index in [9.17, 15) is 0 Å². The molecule has 3 N–H and O–H groups in total. The molecular weight excluding hydrogens is 204 g/mol. The summed E-state index contributed by atoms with van der Waals surface area (Å²) >= 11 is 0. The number of nitrogens with two attached hydrogens (primary N) is 1. The van der Waals surface area contributed by atoms with Gasteiger partial charge in [0.2, 0.25) is 0 Å². The normalized spacial score (nSPS) is 12.2. The molecule has 0 radical (unpaired) electrons. The first-order valence-electron chi connectivity index (χ1n) is 5.18. The molecule has 2 heterocycles. The van der Waals surface area contributed by atoms with Crippen LogP contribution in [0.25, 0.3) is 5.65 Å². The molecule has 0 aromatic carbocycles. The fourth-order valence-electron chi connectivity index (χ4n) is 1.48. The van der Waals surface area contributed by atoms with E-state index in [1.54, 1.807) is 10.7 Å². The summed E-state index contributed by atoms with van der Waals surface area (Å²) in [5.41, 5.74) is 8.08. The number of hydrogen-bond acceptors (Lipinski definition) is 4. The van der Waals surface area contributed by atoms with Crippen molar-refractivity contribution in [1.29, 1.82) is 0 Å². The molecule has 0 spiro atoms. The Kier molecular flexibility index (Phi) is 2.35. The third-order valence-corrected chi connectivity index (χ3v) is 2.54. The Labute approximate surface area is 93.9 Å². The van der Waals surface area contributed by atoms with Crippen LogP contribution in [-0.4, -0.2) is 19.7 Å². The van der Waals surface area contributed by atoms with E-state index in [0.29, 0.717) is 17.0 Å².